The van der Waals surface area contributed by atoms with E-state index in [4.69, 9.17) is 15.3 Å². The highest BCUT2D eigenvalue weighted by Crippen LogP contribution is 2.03. The Labute approximate surface area is 68.9 Å². The van der Waals surface area contributed by atoms with Gasteiger partial charge in [-0.25, -0.2) is 4.79 Å². The average molecular weight is 174 g/mol. The van der Waals surface area contributed by atoms with Gasteiger partial charge in [0.2, 0.25) is 0 Å². The number of carbonyl (C=O) groups is 2. The summed E-state index contributed by atoms with van der Waals surface area (Å²) in [6.07, 6.45) is -0.535. The van der Waals surface area contributed by atoms with Crippen molar-refractivity contribution in [3.05, 3.63) is 11.6 Å². The van der Waals surface area contributed by atoms with Crippen LogP contribution in [0.2, 0.25) is 0 Å². The molecule has 3 N–H and O–H groups in total. The maximum absolute atomic E-state index is 10.3. The molecule has 0 saturated carbocycles. The molecule has 0 aliphatic rings. The van der Waals surface area contributed by atoms with Gasteiger partial charge in [-0.3, -0.25) is 4.79 Å². The Morgan fingerprint density at radius 1 is 1.42 bits per heavy atom. The molecule has 0 fully saturated rings. The minimum absolute atomic E-state index is 0.308. The second-order valence-corrected chi connectivity index (χ2v) is 2.31. The summed E-state index contributed by atoms with van der Waals surface area (Å²) in [5, 5.41) is 25.4. The molecule has 5 heteroatoms. The van der Waals surface area contributed by atoms with Crippen LogP contribution in [0.4, 0.5) is 0 Å². The first-order valence-electron chi connectivity index (χ1n) is 3.27. The van der Waals surface area contributed by atoms with Crippen LogP contribution in [0.1, 0.15) is 13.3 Å². The lowest BCUT2D eigenvalue weighted by molar-refractivity contribution is -0.139. The summed E-state index contributed by atoms with van der Waals surface area (Å²) in [5.74, 6) is -2.55. The van der Waals surface area contributed by atoms with Crippen LogP contribution in [0.5, 0.6) is 0 Å². The summed E-state index contributed by atoms with van der Waals surface area (Å²) in [5.41, 5.74) is -0.308. The zero-order valence-electron chi connectivity index (χ0n) is 6.52. The van der Waals surface area contributed by atoms with Crippen LogP contribution < -0.4 is 0 Å². The summed E-state index contributed by atoms with van der Waals surface area (Å²) in [7, 11) is 0. The predicted octanol–water partition coefficient (Wildman–Crippen LogP) is -0.147. The molecule has 0 aromatic heterocycles. The van der Waals surface area contributed by atoms with Gasteiger partial charge in [-0.2, -0.15) is 0 Å². The maximum Gasteiger partial charge on any atom is 0.331 e. The molecule has 0 aliphatic heterocycles. The largest absolute Gasteiger partial charge is 0.481 e. The molecule has 5 nitrogen and oxygen atoms in total. The van der Waals surface area contributed by atoms with Crippen molar-refractivity contribution in [3.63, 3.8) is 0 Å². The van der Waals surface area contributed by atoms with Crippen molar-refractivity contribution in [1.82, 2.24) is 0 Å². The smallest absolute Gasteiger partial charge is 0.331 e. The number of carboxylic acids is 2. The average Bonchev–Trinajstić information content (AvgIpc) is 1.83. The Morgan fingerprint density at radius 2 is 1.92 bits per heavy atom. The normalized spacial score (nSPS) is 14.0. The van der Waals surface area contributed by atoms with E-state index in [2.05, 4.69) is 0 Å². The summed E-state index contributed by atoms with van der Waals surface area (Å²) in [4.78, 5) is 20.4. The Balaban J connectivity index is 4.44. The number of carboxylic acid groups (broad SMARTS) is 2. The van der Waals surface area contributed by atoms with Gasteiger partial charge in [0.05, 0.1) is 12.5 Å². The highest BCUT2D eigenvalue weighted by Gasteiger charge is 2.12. The van der Waals surface area contributed by atoms with Crippen molar-refractivity contribution < 1.29 is 24.9 Å². The number of aliphatic carboxylic acids is 2. The van der Waals surface area contributed by atoms with Crippen molar-refractivity contribution in [2.75, 3.05) is 0 Å². The van der Waals surface area contributed by atoms with Crippen molar-refractivity contribution in [1.29, 1.82) is 0 Å². The zero-order valence-corrected chi connectivity index (χ0v) is 6.52. The molecule has 12 heavy (non-hydrogen) atoms. The number of hydrogen-bond donors (Lipinski definition) is 3. The van der Waals surface area contributed by atoms with Crippen LogP contribution in [0.15, 0.2) is 11.6 Å². The molecule has 0 saturated heterocycles. The topological polar surface area (TPSA) is 94.8 Å². The van der Waals surface area contributed by atoms with E-state index in [0.29, 0.717) is 0 Å². The highest BCUT2D eigenvalue weighted by molar-refractivity contribution is 5.92. The van der Waals surface area contributed by atoms with Crippen molar-refractivity contribution in [2.45, 2.75) is 19.4 Å². The van der Waals surface area contributed by atoms with Crippen LogP contribution in [0.25, 0.3) is 0 Å². The third-order valence-corrected chi connectivity index (χ3v) is 1.06. The Bertz CT molecular complexity index is 216. The summed E-state index contributed by atoms with van der Waals surface area (Å²) in [6.45, 7) is 1.35. The second-order valence-electron chi connectivity index (χ2n) is 2.31. The minimum Gasteiger partial charge on any atom is -0.481 e. The molecule has 0 aromatic carbocycles. The molecule has 0 rings (SSSR count). The zero-order chi connectivity index (χ0) is 9.72. The Kier molecular flexibility index (Phi) is 3.99. The number of aliphatic hydroxyl groups is 1. The fourth-order valence-corrected chi connectivity index (χ4v) is 0.660. The monoisotopic (exact) mass is 174 g/mol. The van der Waals surface area contributed by atoms with E-state index < -0.39 is 24.5 Å². The van der Waals surface area contributed by atoms with Crippen molar-refractivity contribution in [3.8, 4) is 0 Å². The lowest BCUT2D eigenvalue weighted by atomic mass is 10.1. The number of aliphatic hydroxyl groups excluding tert-OH is 1. The van der Waals surface area contributed by atoms with E-state index in [1.165, 1.54) is 6.92 Å². The highest BCUT2D eigenvalue weighted by atomic mass is 16.4. The van der Waals surface area contributed by atoms with Gasteiger partial charge in [0.25, 0.3) is 0 Å². The summed E-state index contributed by atoms with van der Waals surface area (Å²) in [6, 6.07) is 0. The summed E-state index contributed by atoms with van der Waals surface area (Å²) >= 11 is 0. The van der Waals surface area contributed by atoms with Gasteiger partial charge < -0.3 is 15.3 Å². The van der Waals surface area contributed by atoms with E-state index in [0.717, 1.165) is 6.08 Å². The quantitative estimate of drug-likeness (QED) is 0.515. The van der Waals surface area contributed by atoms with Crippen molar-refractivity contribution >= 4 is 11.9 Å². The van der Waals surface area contributed by atoms with E-state index in [1.54, 1.807) is 0 Å². The van der Waals surface area contributed by atoms with Gasteiger partial charge in [0, 0.05) is 5.57 Å². The van der Waals surface area contributed by atoms with E-state index in [-0.39, 0.29) is 5.57 Å². The summed E-state index contributed by atoms with van der Waals surface area (Å²) < 4.78 is 0. The molecule has 0 amide bonds. The molecule has 1 atom stereocenters. The molecule has 0 heterocycles. The lowest BCUT2D eigenvalue weighted by Crippen LogP contribution is -2.09. The fraction of sp³-hybridized carbons (Fsp3) is 0.429. The van der Waals surface area contributed by atoms with Gasteiger partial charge in [-0.05, 0) is 13.0 Å². The molecule has 1 unspecified atom stereocenters. The van der Waals surface area contributed by atoms with Crippen LogP contribution in [0, 0.1) is 0 Å². The third-order valence-electron chi connectivity index (χ3n) is 1.06. The van der Waals surface area contributed by atoms with Crippen LogP contribution in [-0.4, -0.2) is 33.4 Å². The first kappa shape index (κ1) is 10.6. The third kappa shape index (κ3) is 4.45. The molecule has 0 spiro atoms. The van der Waals surface area contributed by atoms with Crippen LogP contribution in [0.3, 0.4) is 0 Å². The molecule has 0 aromatic rings. The number of hydrogen-bond acceptors (Lipinski definition) is 3. The first-order chi connectivity index (χ1) is 5.43. The van der Waals surface area contributed by atoms with Gasteiger partial charge in [0.1, 0.15) is 0 Å². The first-order valence-corrected chi connectivity index (χ1v) is 3.27. The molecule has 0 aliphatic carbocycles. The Hall–Kier alpha value is -1.36. The van der Waals surface area contributed by atoms with E-state index in [1.807, 2.05) is 0 Å². The van der Waals surface area contributed by atoms with Crippen molar-refractivity contribution in [2.24, 2.45) is 0 Å². The Morgan fingerprint density at radius 3 is 2.17 bits per heavy atom. The standard InChI is InChI=1S/C7H10O5/c1-4(8)2-5(7(11)12)3-6(9)10/h2,4,8H,3H2,1H3,(H,9,10)(H,11,12). The molecule has 0 bridgehead atoms. The minimum atomic E-state index is -1.32. The van der Waals surface area contributed by atoms with Gasteiger partial charge >= 0.3 is 11.9 Å². The molecule has 68 valence electrons. The molecular formula is C7H10O5. The molecular weight excluding hydrogens is 164 g/mol. The second kappa shape index (κ2) is 4.50. The number of rotatable bonds is 4. The lowest BCUT2D eigenvalue weighted by Gasteiger charge is -1.99. The van der Waals surface area contributed by atoms with Crippen LogP contribution in [-0.2, 0) is 9.59 Å². The van der Waals surface area contributed by atoms with E-state index >= 15 is 0 Å². The van der Waals surface area contributed by atoms with Gasteiger partial charge in [-0.1, -0.05) is 0 Å². The van der Waals surface area contributed by atoms with Gasteiger partial charge in [-0.15, -0.1) is 0 Å². The SMILES string of the molecule is CC(O)C=C(CC(=O)O)C(=O)O. The fourth-order valence-electron chi connectivity index (χ4n) is 0.660. The predicted molar refractivity (Wildman–Crippen MR) is 39.7 cm³/mol. The van der Waals surface area contributed by atoms with Crippen LogP contribution >= 0.6 is 0 Å². The van der Waals surface area contributed by atoms with E-state index in [9.17, 15) is 9.59 Å². The molecule has 0 radical (unpaired) electrons. The van der Waals surface area contributed by atoms with Gasteiger partial charge in [0.15, 0.2) is 0 Å². The maximum atomic E-state index is 10.3.